The van der Waals surface area contributed by atoms with E-state index in [1.54, 1.807) is 7.11 Å². The zero-order valence-electron chi connectivity index (χ0n) is 15.8. The van der Waals surface area contributed by atoms with Crippen molar-refractivity contribution in [1.82, 2.24) is 9.80 Å². The molecule has 2 atom stereocenters. The van der Waals surface area contributed by atoms with Gasteiger partial charge in [0.15, 0.2) is 5.78 Å². The first-order valence-corrected chi connectivity index (χ1v) is 9.15. The first kappa shape index (κ1) is 21.3. The van der Waals surface area contributed by atoms with E-state index in [-0.39, 0.29) is 24.2 Å². The molecule has 2 fully saturated rings. The number of ketones is 1. The molecule has 3 rings (SSSR count). The number of halogens is 1. The van der Waals surface area contributed by atoms with Crippen LogP contribution in [-0.4, -0.2) is 78.7 Å². The molecule has 7 nitrogen and oxygen atoms in total. The number of piperazine rings is 1. The SMILES string of the molecule is COc1ccccc1N1CCN(C(=O)O)C(C(C)=O)C1CN1CCCC1.Cl. The Labute approximate surface area is 166 Å². The molecule has 1 N–H and O–H groups in total. The van der Waals surface area contributed by atoms with Crippen LogP contribution in [0.4, 0.5) is 10.5 Å². The maximum Gasteiger partial charge on any atom is 0.408 e. The summed E-state index contributed by atoms with van der Waals surface area (Å²) in [5.74, 6) is 0.626. The van der Waals surface area contributed by atoms with Gasteiger partial charge in [0.1, 0.15) is 11.8 Å². The van der Waals surface area contributed by atoms with E-state index in [0.717, 1.165) is 37.4 Å². The number of hydrogen-bond donors (Lipinski definition) is 1. The number of para-hydroxylation sites is 2. The van der Waals surface area contributed by atoms with Crippen LogP contribution in [0.15, 0.2) is 24.3 Å². The fraction of sp³-hybridized carbons (Fsp3) is 0.579. The van der Waals surface area contributed by atoms with Crippen molar-refractivity contribution in [2.45, 2.75) is 31.8 Å². The van der Waals surface area contributed by atoms with E-state index in [1.807, 2.05) is 24.3 Å². The van der Waals surface area contributed by atoms with Crippen LogP contribution in [0.1, 0.15) is 19.8 Å². The van der Waals surface area contributed by atoms with Gasteiger partial charge in [0.05, 0.1) is 18.8 Å². The molecule has 0 spiro atoms. The molecule has 8 heteroatoms. The van der Waals surface area contributed by atoms with Crippen LogP contribution in [0, 0.1) is 0 Å². The summed E-state index contributed by atoms with van der Waals surface area (Å²) in [6.45, 7) is 4.99. The third-order valence-corrected chi connectivity index (χ3v) is 5.38. The number of amides is 1. The minimum absolute atomic E-state index is 0. The molecule has 27 heavy (non-hydrogen) atoms. The third kappa shape index (κ3) is 4.47. The fourth-order valence-corrected chi connectivity index (χ4v) is 4.20. The molecule has 1 amide bonds. The summed E-state index contributed by atoms with van der Waals surface area (Å²) < 4.78 is 5.52. The van der Waals surface area contributed by atoms with Crippen LogP contribution in [0.2, 0.25) is 0 Å². The summed E-state index contributed by atoms with van der Waals surface area (Å²) in [5, 5.41) is 9.61. The highest BCUT2D eigenvalue weighted by atomic mass is 35.5. The van der Waals surface area contributed by atoms with Crippen molar-refractivity contribution in [3.8, 4) is 5.75 Å². The molecule has 2 saturated heterocycles. The Bertz CT molecular complexity index is 666. The van der Waals surface area contributed by atoms with E-state index < -0.39 is 12.1 Å². The molecule has 2 unspecified atom stereocenters. The van der Waals surface area contributed by atoms with Crippen LogP contribution in [0.25, 0.3) is 0 Å². The summed E-state index contributed by atoms with van der Waals surface area (Å²) in [5.41, 5.74) is 0.912. The molecule has 0 saturated carbocycles. The van der Waals surface area contributed by atoms with Gasteiger partial charge in [-0.05, 0) is 45.0 Å². The Balaban J connectivity index is 0.00000261. The molecule has 2 aliphatic rings. The Morgan fingerprint density at radius 2 is 1.81 bits per heavy atom. The molecule has 1 aromatic rings. The molecule has 150 valence electrons. The normalized spacial score (nSPS) is 23.0. The van der Waals surface area contributed by atoms with Crippen LogP contribution >= 0.6 is 12.4 Å². The first-order chi connectivity index (χ1) is 12.5. The Kier molecular flexibility index (Phi) is 7.33. The van der Waals surface area contributed by atoms with Crippen molar-refractivity contribution < 1.29 is 19.4 Å². The molecule has 0 aliphatic carbocycles. The maximum atomic E-state index is 12.4. The van der Waals surface area contributed by atoms with Gasteiger partial charge in [0.25, 0.3) is 0 Å². The number of hydrogen-bond acceptors (Lipinski definition) is 5. The number of ether oxygens (including phenoxy) is 1. The van der Waals surface area contributed by atoms with Crippen molar-refractivity contribution in [3.05, 3.63) is 24.3 Å². The zero-order valence-corrected chi connectivity index (χ0v) is 16.7. The highest BCUT2D eigenvalue weighted by Gasteiger charge is 2.43. The topological polar surface area (TPSA) is 73.3 Å². The van der Waals surface area contributed by atoms with E-state index in [9.17, 15) is 14.7 Å². The lowest BCUT2D eigenvalue weighted by Crippen LogP contribution is -2.66. The second kappa shape index (κ2) is 9.28. The van der Waals surface area contributed by atoms with E-state index in [2.05, 4.69) is 9.80 Å². The molecule has 0 bridgehead atoms. The average Bonchev–Trinajstić information content (AvgIpc) is 3.14. The minimum atomic E-state index is -1.03. The smallest absolute Gasteiger partial charge is 0.408 e. The second-order valence-corrected chi connectivity index (χ2v) is 6.97. The lowest BCUT2D eigenvalue weighted by molar-refractivity contribution is -0.123. The first-order valence-electron chi connectivity index (χ1n) is 9.15. The quantitative estimate of drug-likeness (QED) is 0.822. The van der Waals surface area contributed by atoms with Gasteiger partial charge in [0, 0.05) is 19.6 Å². The lowest BCUT2D eigenvalue weighted by Gasteiger charge is -2.48. The number of carbonyl (C=O) groups is 2. The van der Waals surface area contributed by atoms with Gasteiger partial charge in [-0.25, -0.2) is 4.79 Å². The van der Waals surface area contributed by atoms with Crippen LogP contribution in [0.5, 0.6) is 5.75 Å². The van der Waals surface area contributed by atoms with Crippen LogP contribution in [0.3, 0.4) is 0 Å². The highest BCUT2D eigenvalue weighted by Crippen LogP contribution is 2.33. The molecule has 1 aromatic carbocycles. The third-order valence-electron chi connectivity index (χ3n) is 5.38. The summed E-state index contributed by atoms with van der Waals surface area (Å²) >= 11 is 0. The summed E-state index contributed by atoms with van der Waals surface area (Å²) in [6.07, 6.45) is 1.26. The Morgan fingerprint density at radius 1 is 1.15 bits per heavy atom. The monoisotopic (exact) mass is 397 g/mol. The maximum absolute atomic E-state index is 12.4. The number of Topliss-reactive ketones (excluding diaryl/α,β-unsaturated/α-hetero) is 1. The van der Waals surface area contributed by atoms with Crippen molar-refractivity contribution >= 4 is 30.0 Å². The van der Waals surface area contributed by atoms with E-state index in [4.69, 9.17) is 4.74 Å². The summed E-state index contributed by atoms with van der Waals surface area (Å²) in [7, 11) is 1.63. The number of anilines is 1. The molecule has 0 radical (unpaired) electrons. The molecule has 2 heterocycles. The van der Waals surface area contributed by atoms with Crippen molar-refractivity contribution in [2.24, 2.45) is 0 Å². The number of carbonyl (C=O) groups excluding carboxylic acids is 1. The zero-order chi connectivity index (χ0) is 18.7. The molecular weight excluding hydrogens is 370 g/mol. The van der Waals surface area contributed by atoms with E-state index >= 15 is 0 Å². The fourth-order valence-electron chi connectivity index (χ4n) is 4.20. The van der Waals surface area contributed by atoms with Gasteiger partial charge in [-0.1, -0.05) is 12.1 Å². The van der Waals surface area contributed by atoms with Gasteiger partial charge < -0.3 is 19.6 Å². The van der Waals surface area contributed by atoms with E-state index in [1.165, 1.54) is 11.8 Å². The number of nitrogens with zero attached hydrogens (tertiary/aromatic N) is 3. The van der Waals surface area contributed by atoms with Gasteiger partial charge in [-0.3, -0.25) is 9.69 Å². The number of methoxy groups -OCH3 is 1. The van der Waals surface area contributed by atoms with Gasteiger partial charge in [-0.2, -0.15) is 0 Å². The number of likely N-dealkylation sites (tertiary alicyclic amines) is 1. The molecule has 2 aliphatic heterocycles. The molecular formula is C19H28ClN3O4. The minimum Gasteiger partial charge on any atom is -0.495 e. The number of carboxylic acid groups (broad SMARTS) is 1. The van der Waals surface area contributed by atoms with E-state index in [0.29, 0.717) is 19.6 Å². The number of benzene rings is 1. The predicted molar refractivity (Wildman–Crippen MR) is 106 cm³/mol. The Morgan fingerprint density at radius 3 is 2.41 bits per heavy atom. The van der Waals surface area contributed by atoms with Crippen molar-refractivity contribution in [3.63, 3.8) is 0 Å². The largest absolute Gasteiger partial charge is 0.495 e. The summed E-state index contributed by atoms with van der Waals surface area (Å²) in [4.78, 5) is 30.0. The number of rotatable bonds is 5. The average molecular weight is 398 g/mol. The molecule has 0 aromatic heterocycles. The van der Waals surface area contributed by atoms with Crippen LogP contribution < -0.4 is 9.64 Å². The second-order valence-electron chi connectivity index (χ2n) is 6.97. The van der Waals surface area contributed by atoms with Crippen molar-refractivity contribution in [1.29, 1.82) is 0 Å². The van der Waals surface area contributed by atoms with Crippen molar-refractivity contribution in [2.75, 3.05) is 44.7 Å². The standard InChI is InChI=1S/C19H27N3O4.ClH/c1-14(23)18-16(13-20-9-5-6-10-20)21(11-12-22(18)19(24)25)15-7-3-4-8-17(15)26-2;/h3-4,7-8,16,18H,5-6,9-13H2,1-2H3,(H,24,25);1H. The Hall–Kier alpha value is -1.99. The van der Waals surface area contributed by atoms with Gasteiger partial charge in [0.2, 0.25) is 0 Å². The highest BCUT2D eigenvalue weighted by molar-refractivity contribution is 5.87. The predicted octanol–water partition coefficient (Wildman–Crippen LogP) is 2.34. The lowest BCUT2D eigenvalue weighted by atomic mass is 9.96. The van der Waals surface area contributed by atoms with Gasteiger partial charge in [-0.15, -0.1) is 12.4 Å². The summed E-state index contributed by atoms with van der Waals surface area (Å²) in [6, 6.07) is 6.82. The van der Waals surface area contributed by atoms with Gasteiger partial charge >= 0.3 is 6.09 Å². The van der Waals surface area contributed by atoms with Crippen LogP contribution in [-0.2, 0) is 4.79 Å².